The highest BCUT2D eigenvalue weighted by atomic mass is 15.2. The number of aromatic nitrogens is 2. The Bertz CT molecular complexity index is 3680. The van der Waals surface area contributed by atoms with E-state index in [4.69, 9.17) is 0 Å². The van der Waals surface area contributed by atoms with Gasteiger partial charge in [-0.15, -0.1) is 0 Å². The molecule has 9 aromatic carbocycles. The summed E-state index contributed by atoms with van der Waals surface area (Å²) in [5.74, 6) is 0. The topological polar surface area (TPSA) is 12.6 Å². The Balaban J connectivity index is 1.05. The molecule has 3 heteroatoms. The van der Waals surface area contributed by atoms with Crippen LogP contribution in [-0.4, -0.2) is 8.97 Å². The maximum atomic E-state index is 2.51. The van der Waals surface area contributed by atoms with E-state index < -0.39 is 0 Å². The maximum absolute atomic E-state index is 2.51. The van der Waals surface area contributed by atoms with Crippen molar-refractivity contribution in [2.24, 2.45) is 0 Å². The molecule has 0 spiro atoms. The van der Waals surface area contributed by atoms with E-state index >= 15 is 0 Å². The van der Waals surface area contributed by atoms with Gasteiger partial charge in [0.1, 0.15) is 0 Å². The minimum Gasteiger partial charge on any atom is -0.309 e. The fourth-order valence-electron chi connectivity index (χ4n) is 10.8. The Hall–Kier alpha value is -7.62. The molecule has 0 atom stereocenters. The summed E-state index contributed by atoms with van der Waals surface area (Å²) in [6.07, 6.45) is 0. The molecule has 0 saturated heterocycles. The molecule has 0 N–H and O–H groups in total. The van der Waals surface area contributed by atoms with E-state index in [1.807, 2.05) is 0 Å². The average Bonchev–Trinajstić information content (AvgIpc) is 4.01. The van der Waals surface area contributed by atoms with Crippen LogP contribution in [0.5, 0.6) is 0 Å². The zero-order valence-electron chi connectivity index (χ0n) is 33.4. The van der Waals surface area contributed by atoms with Crippen molar-refractivity contribution in [3.8, 4) is 27.9 Å². The minimum atomic E-state index is -0.0765. The lowest BCUT2D eigenvalue weighted by atomic mass is 9.82. The van der Waals surface area contributed by atoms with Crippen molar-refractivity contribution in [2.45, 2.75) is 19.3 Å². The molecule has 0 saturated carbocycles. The van der Waals surface area contributed by atoms with Crippen molar-refractivity contribution in [2.75, 3.05) is 4.90 Å². The summed E-state index contributed by atoms with van der Waals surface area (Å²) in [4.78, 5) is 2.49. The van der Waals surface area contributed by atoms with Gasteiger partial charge in [0, 0.05) is 54.8 Å². The Labute approximate surface area is 347 Å². The summed E-state index contributed by atoms with van der Waals surface area (Å²) in [7, 11) is 0. The van der Waals surface area contributed by atoms with Gasteiger partial charge in [-0.3, -0.25) is 0 Å². The van der Waals surface area contributed by atoms with Crippen LogP contribution in [0.25, 0.3) is 87.8 Å². The molecule has 282 valence electrons. The van der Waals surface area contributed by atoms with Crippen LogP contribution in [0.4, 0.5) is 17.1 Å². The SMILES string of the molecule is CC1(C)c2ccccc2-c2cc(N(c3ccc(-c4cccc5c4c4ccccc4n5-c4ccccc4)cc3)c3cccc4c5cccc6c7ccccc7n(c34)c65)ccc21. The van der Waals surface area contributed by atoms with Gasteiger partial charge in [0.25, 0.3) is 0 Å². The number of anilines is 3. The third-order valence-corrected chi connectivity index (χ3v) is 13.4. The number of nitrogens with zero attached hydrogens (tertiary/aromatic N) is 3. The molecular formula is C57H39N3. The number of hydrogen-bond acceptors (Lipinski definition) is 1. The Morgan fingerprint density at radius 2 is 0.983 bits per heavy atom. The first-order valence-corrected chi connectivity index (χ1v) is 20.9. The molecule has 12 aromatic rings. The lowest BCUT2D eigenvalue weighted by Crippen LogP contribution is -2.15. The van der Waals surface area contributed by atoms with Crippen LogP contribution in [0, 0.1) is 0 Å². The molecule has 13 rings (SSSR count). The van der Waals surface area contributed by atoms with Crippen LogP contribution >= 0.6 is 0 Å². The fourth-order valence-corrected chi connectivity index (χ4v) is 10.8. The number of hydrogen-bond donors (Lipinski definition) is 0. The van der Waals surface area contributed by atoms with E-state index in [1.54, 1.807) is 0 Å². The second-order valence-electron chi connectivity index (χ2n) is 16.9. The van der Waals surface area contributed by atoms with Crippen LogP contribution < -0.4 is 4.90 Å². The third kappa shape index (κ3) is 4.44. The molecule has 0 amide bonds. The zero-order valence-corrected chi connectivity index (χ0v) is 33.4. The van der Waals surface area contributed by atoms with Crippen molar-refractivity contribution >= 4 is 77.0 Å². The van der Waals surface area contributed by atoms with E-state index in [2.05, 4.69) is 228 Å². The highest BCUT2D eigenvalue weighted by Crippen LogP contribution is 2.52. The minimum absolute atomic E-state index is 0.0765. The van der Waals surface area contributed by atoms with Crippen molar-refractivity contribution < 1.29 is 0 Å². The summed E-state index contributed by atoms with van der Waals surface area (Å²) in [6, 6.07) is 74.1. The molecule has 1 aliphatic rings. The summed E-state index contributed by atoms with van der Waals surface area (Å²) < 4.78 is 4.91. The Morgan fingerprint density at radius 1 is 0.400 bits per heavy atom. The van der Waals surface area contributed by atoms with Crippen molar-refractivity contribution in [3.63, 3.8) is 0 Å². The van der Waals surface area contributed by atoms with Gasteiger partial charge in [0.15, 0.2) is 0 Å². The smallest absolute Gasteiger partial charge is 0.0782 e. The summed E-state index contributed by atoms with van der Waals surface area (Å²) in [6.45, 7) is 4.71. The monoisotopic (exact) mass is 765 g/mol. The molecule has 3 aromatic heterocycles. The van der Waals surface area contributed by atoms with Gasteiger partial charge >= 0.3 is 0 Å². The average molecular weight is 766 g/mol. The third-order valence-electron chi connectivity index (χ3n) is 13.4. The van der Waals surface area contributed by atoms with Crippen molar-refractivity contribution in [1.29, 1.82) is 0 Å². The van der Waals surface area contributed by atoms with Gasteiger partial charge in [-0.25, -0.2) is 0 Å². The number of para-hydroxylation sites is 5. The summed E-state index contributed by atoms with van der Waals surface area (Å²) in [5.41, 5.74) is 18.4. The number of rotatable bonds is 5. The van der Waals surface area contributed by atoms with Crippen LogP contribution in [0.3, 0.4) is 0 Å². The standard InChI is InChI=1S/C57H39N3/c1-57(2)48-24-9-6-17-41(48)47-35-39(33-34-49(47)57)58(53-28-14-23-45-44-22-12-21-43-42-18-7-10-25-50(42)60(55(43)44)56(45)53)38-31-29-36(30-32-38)40-20-13-27-52-54(40)46-19-8-11-26-51(46)59(52)37-15-4-3-5-16-37/h3-35H,1-2H3. The molecule has 0 unspecified atom stereocenters. The first-order valence-electron chi connectivity index (χ1n) is 20.9. The van der Waals surface area contributed by atoms with Gasteiger partial charge in [0.05, 0.1) is 33.3 Å². The maximum Gasteiger partial charge on any atom is 0.0782 e. The number of benzene rings is 9. The summed E-state index contributed by atoms with van der Waals surface area (Å²) in [5, 5.41) is 7.63. The normalized spacial score (nSPS) is 13.3. The van der Waals surface area contributed by atoms with Crippen LogP contribution in [-0.2, 0) is 5.41 Å². The second kappa shape index (κ2) is 12.2. The molecular weight excluding hydrogens is 727 g/mol. The molecule has 3 heterocycles. The van der Waals surface area contributed by atoms with Gasteiger partial charge in [-0.05, 0) is 94.0 Å². The van der Waals surface area contributed by atoms with Crippen LogP contribution in [0.1, 0.15) is 25.0 Å². The first kappa shape index (κ1) is 33.4. The van der Waals surface area contributed by atoms with Crippen molar-refractivity contribution in [3.05, 3.63) is 211 Å². The molecule has 0 bridgehead atoms. The Morgan fingerprint density at radius 3 is 1.82 bits per heavy atom. The van der Waals surface area contributed by atoms with Crippen LogP contribution in [0.2, 0.25) is 0 Å². The highest BCUT2D eigenvalue weighted by Gasteiger charge is 2.36. The first-order chi connectivity index (χ1) is 29.6. The highest BCUT2D eigenvalue weighted by molar-refractivity contribution is 6.25. The van der Waals surface area contributed by atoms with E-state index in [-0.39, 0.29) is 5.41 Å². The zero-order chi connectivity index (χ0) is 39.7. The Kier molecular flexibility index (Phi) is 6.78. The van der Waals surface area contributed by atoms with Crippen LogP contribution in [0.15, 0.2) is 200 Å². The molecule has 1 aliphatic carbocycles. The van der Waals surface area contributed by atoms with E-state index in [9.17, 15) is 0 Å². The second-order valence-corrected chi connectivity index (χ2v) is 16.9. The predicted molar refractivity (Wildman–Crippen MR) is 253 cm³/mol. The lowest BCUT2D eigenvalue weighted by molar-refractivity contribution is 0.660. The van der Waals surface area contributed by atoms with Gasteiger partial charge in [-0.2, -0.15) is 0 Å². The molecule has 0 radical (unpaired) electrons. The van der Waals surface area contributed by atoms with Gasteiger partial charge < -0.3 is 13.9 Å². The fraction of sp³-hybridized carbons (Fsp3) is 0.0526. The van der Waals surface area contributed by atoms with E-state index in [1.165, 1.54) is 93.3 Å². The predicted octanol–water partition coefficient (Wildman–Crippen LogP) is 15.4. The van der Waals surface area contributed by atoms with Gasteiger partial charge in [-0.1, -0.05) is 153 Å². The lowest BCUT2D eigenvalue weighted by Gasteiger charge is -2.28. The summed E-state index contributed by atoms with van der Waals surface area (Å²) >= 11 is 0. The molecule has 0 aliphatic heterocycles. The molecule has 0 fully saturated rings. The molecule has 3 nitrogen and oxygen atoms in total. The molecule has 60 heavy (non-hydrogen) atoms. The number of fused-ring (bicyclic) bond motifs is 12. The van der Waals surface area contributed by atoms with E-state index in [0.717, 1.165) is 22.7 Å². The van der Waals surface area contributed by atoms with E-state index in [0.29, 0.717) is 0 Å². The van der Waals surface area contributed by atoms with Crippen molar-refractivity contribution in [1.82, 2.24) is 8.97 Å². The van der Waals surface area contributed by atoms with Gasteiger partial charge in [0.2, 0.25) is 0 Å². The quantitative estimate of drug-likeness (QED) is 0.170. The largest absolute Gasteiger partial charge is 0.309 e.